The predicted molar refractivity (Wildman–Crippen MR) is 65.2 cm³/mol. The normalized spacial score (nSPS) is 10.1. The maximum atomic E-state index is 11.7. The Morgan fingerprint density at radius 1 is 1.19 bits per heavy atom. The van der Waals surface area contributed by atoms with E-state index in [-0.39, 0.29) is 5.97 Å². The third kappa shape index (κ3) is 2.49. The number of carbonyl (C=O) groups excluding carboxylic acids is 1. The number of hydrogen-bond acceptors (Lipinski definition) is 3. The smallest absolute Gasteiger partial charge is 0.353 e. The summed E-state index contributed by atoms with van der Waals surface area (Å²) in [6.45, 7) is 3.93. The van der Waals surface area contributed by atoms with Gasteiger partial charge in [0.25, 0.3) is 0 Å². The van der Waals surface area contributed by atoms with Crippen LogP contribution in [-0.4, -0.2) is 5.97 Å². The van der Waals surface area contributed by atoms with Gasteiger partial charge in [-0.1, -0.05) is 12.1 Å². The summed E-state index contributed by atoms with van der Waals surface area (Å²) in [5, 5.41) is 0. The zero-order valence-corrected chi connectivity index (χ0v) is 10.0. The van der Waals surface area contributed by atoms with Gasteiger partial charge in [0.05, 0.1) is 0 Å². The summed E-state index contributed by atoms with van der Waals surface area (Å²) in [6, 6.07) is 11.2. The van der Waals surface area contributed by atoms with Gasteiger partial charge in [0.2, 0.25) is 0 Å². The second-order valence-electron chi connectivity index (χ2n) is 3.62. The largest absolute Gasteiger partial charge is 0.422 e. The first-order valence-corrected chi connectivity index (χ1v) is 5.82. The molecule has 2 rings (SSSR count). The average molecular weight is 232 g/mol. The SMILES string of the molecule is Cc1cccc(OC(=O)c2ccc(C)s2)c1. The van der Waals surface area contributed by atoms with Crippen LogP contribution in [0.1, 0.15) is 20.1 Å². The summed E-state index contributed by atoms with van der Waals surface area (Å²) in [6.07, 6.45) is 0. The Bertz CT molecular complexity index is 514. The summed E-state index contributed by atoms with van der Waals surface area (Å²) >= 11 is 1.44. The van der Waals surface area contributed by atoms with Crippen molar-refractivity contribution in [2.24, 2.45) is 0 Å². The number of rotatable bonds is 2. The van der Waals surface area contributed by atoms with Crippen molar-refractivity contribution in [1.29, 1.82) is 0 Å². The van der Waals surface area contributed by atoms with Crippen LogP contribution in [-0.2, 0) is 0 Å². The maximum Gasteiger partial charge on any atom is 0.353 e. The number of benzene rings is 1. The van der Waals surface area contributed by atoms with Gasteiger partial charge in [0.15, 0.2) is 0 Å². The summed E-state index contributed by atoms with van der Waals surface area (Å²) in [4.78, 5) is 13.5. The first-order valence-electron chi connectivity index (χ1n) is 5.00. The lowest BCUT2D eigenvalue weighted by atomic mass is 10.2. The Hall–Kier alpha value is -1.61. The van der Waals surface area contributed by atoms with Gasteiger partial charge in [0, 0.05) is 4.88 Å². The van der Waals surface area contributed by atoms with Gasteiger partial charge in [-0.3, -0.25) is 0 Å². The third-order valence-electron chi connectivity index (χ3n) is 2.14. The molecular weight excluding hydrogens is 220 g/mol. The van der Waals surface area contributed by atoms with E-state index in [1.54, 1.807) is 12.1 Å². The molecule has 0 fully saturated rings. The average Bonchev–Trinajstić information content (AvgIpc) is 2.65. The van der Waals surface area contributed by atoms with Gasteiger partial charge in [-0.05, 0) is 43.7 Å². The molecule has 0 unspecified atom stereocenters. The molecule has 0 N–H and O–H groups in total. The van der Waals surface area contributed by atoms with E-state index in [2.05, 4.69) is 0 Å². The molecule has 3 heteroatoms. The van der Waals surface area contributed by atoms with E-state index in [4.69, 9.17) is 4.74 Å². The number of aryl methyl sites for hydroxylation is 2. The summed E-state index contributed by atoms with van der Waals surface area (Å²) < 4.78 is 5.27. The van der Waals surface area contributed by atoms with Crippen molar-refractivity contribution in [2.75, 3.05) is 0 Å². The number of ether oxygens (including phenoxy) is 1. The van der Waals surface area contributed by atoms with E-state index >= 15 is 0 Å². The zero-order chi connectivity index (χ0) is 11.5. The Labute approximate surface area is 98.5 Å². The molecule has 0 aliphatic carbocycles. The molecule has 0 amide bonds. The standard InChI is InChI=1S/C13H12O2S/c1-9-4-3-5-11(8-9)15-13(14)12-7-6-10(2)16-12/h3-8H,1-2H3. The Balaban J connectivity index is 2.13. The van der Waals surface area contributed by atoms with Crippen molar-refractivity contribution in [3.05, 3.63) is 51.7 Å². The number of hydrogen-bond donors (Lipinski definition) is 0. The van der Waals surface area contributed by atoms with E-state index in [1.165, 1.54) is 11.3 Å². The van der Waals surface area contributed by atoms with Crippen LogP contribution in [0.3, 0.4) is 0 Å². The van der Waals surface area contributed by atoms with Crippen LogP contribution in [0.5, 0.6) is 5.75 Å². The van der Waals surface area contributed by atoms with Crippen molar-refractivity contribution < 1.29 is 9.53 Å². The second-order valence-corrected chi connectivity index (χ2v) is 4.90. The van der Waals surface area contributed by atoms with Crippen LogP contribution in [0, 0.1) is 13.8 Å². The molecule has 0 aliphatic rings. The summed E-state index contributed by atoms with van der Waals surface area (Å²) in [5.41, 5.74) is 1.08. The Morgan fingerprint density at radius 2 is 2.00 bits per heavy atom. The summed E-state index contributed by atoms with van der Waals surface area (Å²) in [7, 11) is 0. The van der Waals surface area contributed by atoms with Gasteiger partial charge < -0.3 is 4.74 Å². The van der Waals surface area contributed by atoms with Crippen LogP contribution < -0.4 is 4.74 Å². The molecule has 0 atom stereocenters. The topological polar surface area (TPSA) is 26.3 Å². The van der Waals surface area contributed by atoms with Gasteiger partial charge >= 0.3 is 5.97 Å². The minimum atomic E-state index is -0.288. The van der Waals surface area contributed by atoms with Crippen molar-refractivity contribution >= 4 is 17.3 Å². The van der Waals surface area contributed by atoms with Gasteiger partial charge in [-0.15, -0.1) is 11.3 Å². The fraction of sp³-hybridized carbons (Fsp3) is 0.154. The van der Waals surface area contributed by atoms with Crippen molar-refractivity contribution in [3.63, 3.8) is 0 Å². The Morgan fingerprint density at radius 3 is 2.62 bits per heavy atom. The van der Waals surface area contributed by atoms with E-state index in [1.807, 2.05) is 38.1 Å². The molecule has 2 aromatic rings. The Kier molecular flexibility index (Phi) is 3.06. The monoisotopic (exact) mass is 232 g/mol. The molecular formula is C13H12O2S. The van der Waals surface area contributed by atoms with Gasteiger partial charge in [-0.2, -0.15) is 0 Å². The summed E-state index contributed by atoms with van der Waals surface area (Å²) in [5.74, 6) is 0.305. The molecule has 0 saturated carbocycles. The fourth-order valence-electron chi connectivity index (χ4n) is 1.38. The molecule has 82 valence electrons. The highest BCUT2D eigenvalue weighted by atomic mass is 32.1. The molecule has 0 spiro atoms. The quantitative estimate of drug-likeness (QED) is 0.584. The van der Waals surface area contributed by atoms with Crippen molar-refractivity contribution in [1.82, 2.24) is 0 Å². The first-order chi connectivity index (χ1) is 7.65. The van der Waals surface area contributed by atoms with E-state index < -0.39 is 0 Å². The van der Waals surface area contributed by atoms with Crippen LogP contribution in [0.2, 0.25) is 0 Å². The van der Waals surface area contributed by atoms with Crippen LogP contribution >= 0.6 is 11.3 Å². The molecule has 16 heavy (non-hydrogen) atoms. The minimum Gasteiger partial charge on any atom is -0.422 e. The molecule has 0 radical (unpaired) electrons. The molecule has 1 aromatic heterocycles. The maximum absolute atomic E-state index is 11.7. The van der Waals surface area contributed by atoms with Crippen LogP contribution in [0.15, 0.2) is 36.4 Å². The third-order valence-corrected chi connectivity index (χ3v) is 3.12. The van der Waals surface area contributed by atoms with E-state index in [9.17, 15) is 4.79 Å². The highest BCUT2D eigenvalue weighted by molar-refractivity contribution is 7.13. The molecule has 0 aliphatic heterocycles. The van der Waals surface area contributed by atoms with E-state index in [0.717, 1.165) is 10.4 Å². The number of thiophene rings is 1. The van der Waals surface area contributed by atoms with E-state index in [0.29, 0.717) is 10.6 Å². The lowest BCUT2D eigenvalue weighted by Gasteiger charge is -2.02. The number of carbonyl (C=O) groups is 1. The second kappa shape index (κ2) is 4.49. The lowest BCUT2D eigenvalue weighted by Crippen LogP contribution is -2.06. The van der Waals surface area contributed by atoms with Crippen LogP contribution in [0.4, 0.5) is 0 Å². The molecule has 2 nitrogen and oxygen atoms in total. The lowest BCUT2D eigenvalue weighted by molar-refractivity contribution is 0.0740. The zero-order valence-electron chi connectivity index (χ0n) is 9.19. The minimum absolute atomic E-state index is 0.288. The van der Waals surface area contributed by atoms with Crippen molar-refractivity contribution in [3.8, 4) is 5.75 Å². The molecule has 0 bridgehead atoms. The molecule has 1 aromatic carbocycles. The molecule has 0 saturated heterocycles. The number of esters is 1. The van der Waals surface area contributed by atoms with Crippen LogP contribution in [0.25, 0.3) is 0 Å². The van der Waals surface area contributed by atoms with Gasteiger partial charge in [-0.25, -0.2) is 4.79 Å². The van der Waals surface area contributed by atoms with Crippen molar-refractivity contribution in [2.45, 2.75) is 13.8 Å². The highest BCUT2D eigenvalue weighted by Gasteiger charge is 2.10. The molecule has 1 heterocycles. The first kappa shape index (κ1) is 10.9. The van der Waals surface area contributed by atoms with Gasteiger partial charge in [0.1, 0.15) is 10.6 Å². The predicted octanol–water partition coefficient (Wildman–Crippen LogP) is 3.58. The highest BCUT2D eigenvalue weighted by Crippen LogP contribution is 2.19. The fourth-order valence-corrected chi connectivity index (χ4v) is 2.12.